The van der Waals surface area contributed by atoms with E-state index in [4.69, 9.17) is 4.42 Å². The van der Waals surface area contributed by atoms with Crippen LogP contribution in [-0.4, -0.2) is 21.9 Å². The monoisotopic (exact) mass is 494 g/mol. The first-order valence-electron chi connectivity index (χ1n) is 12.4. The fourth-order valence-corrected chi connectivity index (χ4v) is 4.97. The summed E-state index contributed by atoms with van der Waals surface area (Å²) in [6.45, 7) is 27.5. The van der Waals surface area contributed by atoms with Gasteiger partial charge in [-0.3, -0.25) is 0 Å². The number of fused-ring (bicyclic) bond motifs is 1. The second-order valence-corrected chi connectivity index (χ2v) is 10.5. The molecule has 1 saturated carbocycles. The van der Waals surface area contributed by atoms with Crippen LogP contribution in [0.4, 0.5) is 0 Å². The molecule has 1 aromatic heterocycles. The van der Waals surface area contributed by atoms with Crippen LogP contribution in [-0.2, 0) is 17.1 Å². The van der Waals surface area contributed by atoms with Gasteiger partial charge >= 0.3 is 17.1 Å². The molecule has 1 aliphatic carbocycles. The Balaban J connectivity index is 0.000000248. The van der Waals surface area contributed by atoms with E-state index in [2.05, 4.69) is 98.9 Å². The first-order chi connectivity index (χ1) is 15.0. The SMILES string of the molecule is CC1=C(C)N(C(C)C)[CH-]N1C(C)C.CC1C(C)C(C)C(C)C1C.[Fe+2].[c-]1cc2ccccc2o1. The smallest absolute Gasteiger partial charge is 0.591 e. The minimum absolute atomic E-state index is 0. The summed E-state index contributed by atoms with van der Waals surface area (Å²) < 4.78 is 4.99. The number of nitrogens with zero attached hydrogens (tertiary/aromatic N) is 2. The number of hydrogen-bond acceptors (Lipinski definition) is 3. The van der Waals surface area contributed by atoms with Gasteiger partial charge in [0.15, 0.2) is 0 Å². The van der Waals surface area contributed by atoms with E-state index in [0.717, 1.165) is 40.6 Å². The van der Waals surface area contributed by atoms with E-state index in [1.807, 2.05) is 30.3 Å². The van der Waals surface area contributed by atoms with Crippen molar-refractivity contribution in [3.63, 3.8) is 0 Å². The third-order valence-corrected chi connectivity index (χ3v) is 8.11. The average molecular weight is 495 g/mol. The van der Waals surface area contributed by atoms with Crippen LogP contribution in [0.25, 0.3) is 11.0 Å². The van der Waals surface area contributed by atoms with Crippen LogP contribution in [0.15, 0.2) is 46.1 Å². The summed E-state index contributed by atoms with van der Waals surface area (Å²) in [7, 11) is 0. The van der Waals surface area contributed by atoms with Gasteiger partial charge < -0.3 is 14.2 Å². The summed E-state index contributed by atoms with van der Waals surface area (Å²) in [5, 5.41) is 1.11. The molecule has 0 radical (unpaired) electrons. The Morgan fingerprint density at radius 1 is 0.758 bits per heavy atom. The van der Waals surface area contributed by atoms with Crippen molar-refractivity contribution in [1.82, 2.24) is 9.80 Å². The van der Waals surface area contributed by atoms with Gasteiger partial charge in [0.05, 0.1) is 0 Å². The minimum atomic E-state index is 0. The molecule has 0 atom stereocenters. The Kier molecular flexibility index (Phi) is 11.6. The Morgan fingerprint density at radius 3 is 1.48 bits per heavy atom. The number of rotatable bonds is 2. The standard InChI is InChI=1S/C11H21N2.C10H20.C8H5O.Fe/c1-8(2)12-7-13(9(3)4)11(6)10(12)5;1-6-7(2)9(4)10(5)8(6)3;1-2-4-8-7(3-1)5-6-9-8;/h7-9H,1-6H3;6-10H,1-5H3;1-5H;/q-1;;-1;+2. The van der Waals surface area contributed by atoms with Crippen LogP contribution in [0.3, 0.4) is 0 Å². The van der Waals surface area contributed by atoms with E-state index in [1.54, 1.807) is 0 Å². The van der Waals surface area contributed by atoms with Crippen LogP contribution in [0.5, 0.6) is 0 Å². The zero-order chi connectivity index (χ0) is 24.2. The van der Waals surface area contributed by atoms with E-state index >= 15 is 0 Å². The van der Waals surface area contributed by atoms with Crippen LogP contribution in [0, 0.1) is 42.5 Å². The summed E-state index contributed by atoms with van der Waals surface area (Å²) >= 11 is 0. The van der Waals surface area contributed by atoms with Crippen molar-refractivity contribution >= 4 is 11.0 Å². The van der Waals surface area contributed by atoms with E-state index in [1.165, 1.54) is 11.4 Å². The number of hydrogen-bond donors (Lipinski definition) is 0. The van der Waals surface area contributed by atoms with E-state index in [-0.39, 0.29) is 17.1 Å². The number of allylic oxidation sites excluding steroid dienone is 2. The molecule has 186 valence electrons. The van der Waals surface area contributed by atoms with Gasteiger partial charge in [0.1, 0.15) is 0 Å². The molecule has 0 N–H and O–H groups in total. The van der Waals surface area contributed by atoms with Gasteiger partial charge in [-0.15, -0.1) is 17.5 Å². The second kappa shape index (κ2) is 12.9. The normalized spacial score (nSPS) is 26.9. The summed E-state index contributed by atoms with van der Waals surface area (Å²) in [6.07, 6.45) is 2.66. The fraction of sp³-hybridized carbons (Fsp3) is 0.621. The van der Waals surface area contributed by atoms with Crippen molar-refractivity contribution < 1.29 is 21.5 Å². The number of para-hydroxylation sites is 1. The third kappa shape index (κ3) is 7.06. The summed E-state index contributed by atoms with van der Waals surface area (Å²) in [5.74, 6) is 4.68. The van der Waals surface area contributed by atoms with E-state index < -0.39 is 0 Å². The van der Waals surface area contributed by atoms with Crippen molar-refractivity contribution in [2.75, 3.05) is 0 Å². The van der Waals surface area contributed by atoms with Crippen molar-refractivity contribution in [1.29, 1.82) is 0 Å². The van der Waals surface area contributed by atoms with E-state index in [0.29, 0.717) is 12.1 Å². The molecular weight excluding hydrogens is 448 g/mol. The molecule has 2 aromatic rings. The first-order valence-corrected chi connectivity index (χ1v) is 12.4. The first kappa shape index (κ1) is 29.7. The zero-order valence-electron chi connectivity index (χ0n) is 22.7. The molecule has 1 fully saturated rings. The van der Waals surface area contributed by atoms with Gasteiger partial charge in [0, 0.05) is 0 Å². The maximum absolute atomic E-state index is 4.99. The maximum atomic E-state index is 4.99. The Bertz CT molecular complexity index is 774. The quantitative estimate of drug-likeness (QED) is 0.310. The Labute approximate surface area is 214 Å². The van der Waals surface area contributed by atoms with Crippen LogP contribution in [0.2, 0.25) is 0 Å². The molecule has 1 aromatic carbocycles. The molecular formula is C29H46FeN2O. The predicted molar refractivity (Wildman–Crippen MR) is 137 cm³/mol. The Hall–Kier alpha value is -1.38. The number of furan rings is 1. The molecule has 33 heavy (non-hydrogen) atoms. The minimum Gasteiger partial charge on any atom is -0.591 e. The molecule has 1 aliphatic heterocycles. The molecule has 0 saturated heterocycles. The number of benzene rings is 1. The van der Waals surface area contributed by atoms with Gasteiger partial charge in [-0.25, -0.2) is 0 Å². The molecule has 3 nitrogen and oxygen atoms in total. The van der Waals surface area contributed by atoms with Gasteiger partial charge in [-0.2, -0.15) is 6.67 Å². The molecule has 0 amide bonds. The molecule has 4 rings (SSSR count). The zero-order valence-corrected chi connectivity index (χ0v) is 23.8. The molecule has 0 spiro atoms. The van der Waals surface area contributed by atoms with Crippen molar-refractivity contribution in [3.8, 4) is 0 Å². The summed E-state index contributed by atoms with van der Waals surface area (Å²) in [6, 6.07) is 10.8. The van der Waals surface area contributed by atoms with Crippen molar-refractivity contribution in [2.24, 2.45) is 29.6 Å². The van der Waals surface area contributed by atoms with Gasteiger partial charge in [-0.05, 0) is 106 Å². The topological polar surface area (TPSA) is 19.6 Å². The van der Waals surface area contributed by atoms with Gasteiger partial charge in [0.25, 0.3) is 0 Å². The predicted octanol–water partition coefficient (Wildman–Crippen LogP) is 8.20. The largest absolute Gasteiger partial charge is 2.00 e. The van der Waals surface area contributed by atoms with Crippen molar-refractivity contribution in [3.05, 3.63) is 54.7 Å². The molecule has 0 bridgehead atoms. The second-order valence-electron chi connectivity index (χ2n) is 10.5. The van der Waals surface area contributed by atoms with Crippen molar-refractivity contribution in [2.45, 2.75) is 88.2 Å². The van der Waals surface area contributed by atoms with Crippen LogP contribution >= 0.6 is 0 Å². The summed E-state index contributed by atoms with van der Waals surface area (Å²) in [5.41, 5.74) is 3.66. The summed E-state index contributed by atoms with van der Waals surface area (Å²) in [4.78, 5) is 4.66. The maximum Gasteiger partial charge on any atom is 2.00 e. The fourth-order valence-electron chi connectivity index (χ4n) is 4.97. The van der Waals surface area contributed by atoms with Gasteiger partial charge in [0.2, 0.25) is 0 Å². The van der Waals surface area contributed by atoms with Gasteiger partial charge in [-0.1, -0.05) is 52.8 Å². The molecule has 2 aliphatic rings. The van der Waals surface area contributed by atoms with Crippen LogP contribution < -0.4 is 0 Å². The van der Waals surface area contributed by atoms with Crippen LogP contribution in [0.1, 0.15) is 76.2 Å². The molecule has 2 heterocycles. The molecule has 4 heteroatoms. The average Bonchev–Trinajstić information content (AvgIpc) is 3.40. The van der Waals surface area contributed by atoms with E-state index in [9.17, 15) is 0 Å². The Morgan fingerprint density at radius 2 is 1.15 bits per heavy atom. The third-order valence-electron chi connectivity index (χ3n) is 8.11. The molecule has 0 unspecified atom stereocenters.